The zero-order valence-corrected chi connectivity index (χ0v) is 19.2. The number of likely N-dealkylation sites (tertiary alicyclic amines) is 1. The highest BCUT2D eigenvalue weighted by Gasteiger charge is 2.53. The zero-order valence-electron chi connectivity index (χ0n) is 18.4. The van der Waals surface area contributed by atoms with Crippen molar-refractivity contribution in [3.8, 4) is 5.75 Å². The quantitative estimate of drug-likeness (QED) is 0.339. The van der Waals surface area contributed by atoms with Crippen LogP contribution in [0.15, 0.2) is 42.6 Å². The van der Waals surface area contributed by atoms with Crippen LogP contribution in [0, 0.1) is 0 Å². The van der Waals surface area contributed by atoms with E-state index in [1.165, 1.54) is 0 Å². The number of ether oxygens (including phenoxy) is 1. The molecule has 1 saturated heterocycles. The third kappa shape index (κ3) is 5.55. The second-order valence-electron chi connectivity index (χ2n) is 8.09. The maximum absolute atomic E-state index is 13.5. The molecule has 2 atom stereocenters. The van der Waals surface area contributed by atoms with Gasteiger partial charge in [-0.15, -0.1) is 0 Å². The van der Waals surface area contributed by atoms with E-state index in [1.807, 2.05) is 0 Å². The third-order valence-corrected chi connectivity index (χ3v) is 6.13. The van der Waals surface area contributed by atoms with Crippen molar-refractivity contribution in [2.24, 2.45) is 0 Å². The molecular weight excluding hydrogens is 502 g/mol. The van der Waals surface area contributed by atoms with Crippen LogP contribution in [-0.2, 0) is 17.1 Å². The van der Waals surface area contributed by atoms with Gasteiger partial charge in [0, 0.05) is 12.7 Å². The van der Waals surface area contributed by atoms with Crippen molar-refractivity contribution < 1.29 is 40.7 Å². The molecule has 3 rings (SSSR count). The topological polar surface area (TPSA) is 59.5 Å². The van der Waals surface area contributed by atoms with Gasteiger partial charge in [-0.25, -0.2) is 0 Å². The Bertz CT molecular complexity index is 1070. The lowest BCUT2D eigenvalue weighted by Gasteiger charge is -2.47. The fraction of sp³-hybridized carbons (Fsp3) is 0.435. The smallest absolute Gasteiger partial charge is 0.418 e. The lowest BCUT2D eigenvalue weighted by Crippen LogP contribution is -2.64. The van der Waals surface area contributed by atoms with Crippen molar-refractivity contribution in [1.82, 2.24) is 9.88 Å². The molecule has 12 heteroatoms. The molecule has 5 nitrogen and oxygen atoms in total. The summed E-state index contributed by atoms with van der Waals surface area (Å²) < 4.78 is 85.2. The maximum Gasteiger partial charge on any atom is 0.418 e. The number of carbonyl (C=O) groups excluding carboxylic acids is 2. The summed E-state index contributed by atoms with van der Waals surface area (Å²) in [6.45, 7) is 1.75. The van der Waals surface area contributed by atoms with E-state index < -0.39 is 52.0 Å². The summed E-state index contributed by atoms with van der Waals surface area (Å²) >= 11 is 5.94. The molecule has 0 unspecified atom stereocenters. The molecule has 0 spiro atoms. The summed E-state index contributed by atoms with van der Waals surface area (Å²) in [5, 5.41) is -1.01. The first-order valence-electron chi connectivity index (χ1n) is 10.7. The maximum atomic E-state index is 13.5. The largest absolute Gasteiger partial charge is 0.476 e. The van der Waals surface area contributed by atoms with Gasteiger partial charge >= 0.3 is 12.4 Å². The molecule has 1 amide bonds. The second kappa shape index (κ2) is 10.0. The highest BCUT2D eigenvalue weighted by atomic mass is 35.5. The number of pyridine rings is 1. The number of amides is 1. The minimum Gasteiger partial charge on any atom is -0.476 e. The minimum atomic E-state index is -4.84. The van der Waals surface area contributed by atoms with Gasteiger partial charge in [0.15, 0.2) is 0 Å². The van der Waals surface area contributed by atoms with Crippen LogP contribution in [0.1, 0.15) is 54.2 Å². The van der Waals surface area contributed by atoms with Crippen LogP contribution >= 0.6 is 11.6 Å². The van der Waals surface area contributed by atoms with Crippen molar-refractivity contribution in [3.05, 3.63) is 59.4 Å². The normalized spacial score (nSPS) is 21.0. The Balaban J connectivity index is 2.02. The highest BCUT2D eigenvalue weighted by Crippen LogP contribution is 2.40. The average Bonchev–Trinajstić information content (AvgIpc) is 2.79. The van der Waals surface area contributed by atoms with E-state index in [0.29, 0.717) is 6.42 Å². The molecule has 0 aliphatic carbocycles. The van der Waals surface area contributed by atoms with E-state index in [2.05, 4.69) is 4.98 Å². The Morgan fingerprint density at radius 3 is 2.31 bits per heavy atom. The Morgan fingerprint density at radius 2 is 1.77 bits per heavy atom. The minimum absolute atomic E-state index is 0.0130. The van der Waals surface area contributed by atoms with E-state index >= 15 is 0 Å². The van der Waals surface area contributed by atoms with Gasteiger partial charge in [0.25, 0.3) is 11.1 Å². The first-order valence-corrected chi connectivity index (χ1v) is 11.1. The lowest BCUT2D eigenvalue weighted by atomic mass is 9.82. The number of hydrogen-bond acceptors (Lipinski definition) is 4. The molecule has 190 valence electrons. The van der Waals surface area contributed by atoms with Crippen LogP contribution in [0.25, 0.3) is 0 Å². The molecule has 0 N–H and O–H groups in total. The molecule has 1 aromatic heterocycles. The number of alkyl halides is 6. The number of piperidine rings is 1. The fourth-order valence-electron chi connectivity index (χ4n) is 4.24. The summed E-state index contributed by atoms with van der Waals surface area (Å²) in [6.07, 6.45) is -7.66. The van der Waals surface area contributed by atoms with Crippen LogP contribution in [-0.4, -0.2) is 39.2 Å². The molecule has 1 aliphatic rings. The van der Waals surface area contributed by atoms with Gasteiger partial charge in [-0.2, -0.15) is 26.3 Å². The molecule has 2 heterocycles. The van der Waals surface area contributed by atoms with Crippen molar-refractivity contribution in [2.45, 2.75) is 56.6 Å². The number of halogens is 7. The van der Waals surface area contributed by atoms with Gasteiger partial charge in [-0.05, 0) is 67.3 Å². The SMILES string of the molecule is CCC[C@H]1N(C(=O)c2ncccc2C(F)(F)F)CCC[C@@]1(Oc1ccc(C(F)(F)F)cc1)C(=O)Cl. The molecular formula is C23H21ClF6N2O3. The number of benzene rings is 1. The number of hydrogen-bond donors (Lipinski definition) is 0. The molecule has 2 aromatic rings. The Kier molecular flexibility index (Phi) is 7.68. The van der Waals surface area contributed by atoms with Crippen LogP contribution in [0.3, 0.4) is 0 Å². The molecule has 0 radical (unpaired) electrons. The number of rotatable bonds is 6. The number of carbonyl (C=O) groups is 2. The van der Waals surface area contributed by atoms with E-state index in [4.69, 9.17) is 16.3 Å². The van der Waals surface area contributed by atoms with Gasteiger partial charge in [0.1, 0.15) is 11.4 Å². The Morgan fingerprint density at radius 1 is 1.11 bits per heavy atom. The van der Waals surface area contributed by atoms with Gasteiger partial charge in [-0.1, -0.05) is 13.3 Å². The van der Waals surface area contributed by atoms with Gasteiger partial charge < -0.3 is 9.64 Å². The fourth-order valence-corrected chi connectivity index (χ4v) is 4.50. The molecule has 0 saturated carbocycles. The van der Waals surface area contributed by atoms with Crippen molar-refractivity contribution in [1.29, 1.82) is 0 Å². The number of aromatic nitrogens is 1. The van der Waals surface area contributed by atoms with Gasteiger partial charge in [0.2, 0.25) is 5.60 Å². The summed E-state index contributed by atoms with van der Waals surface area (Å²) in [6, 6.07) is 4.29. The zero-order chi connectivity index (χ0) is 26.0. The summed E-state index contributed by atoms with van der Waals surface area (Å²) in [7, 11) is 0. The van der Waals surface area contributed by atoms with Crippen LogP contribution in [0.5, 0.6) is 5.75 Å². The lowest BCUT2D eigenvalue weighted by molar-refractivity contribution is -0.139. The second-order valence-corrected chi connectivity index (χ2v) is 8.43. The average molecular weight is 523 g/mol. The van der Waals surface area contributed by atoms with Crippen molar-refractivity contribution in [2.75, 3.05) is 6.54 Å². The standard InChI is InChI=1S/C23H21ClF6N2O3/c1-2-5-17-21(20(24)34,35-15-9-7-14(8-10-15)22(25,26)27)11-4-13-32(17)19(33)18-16(23(28,29)30)6-3-12-31-18/h3,6-10,12,17H,2,4-5,11,13H2,1H3/t17-,21+/m1/s1. The third-order valence-electron chi connectivity index (χ3n) is 5.81. The van der Waals surface area contributed by atoms with E-state index in [1.54, 1.807) is 6.92 Å². The van der Waals surface area contributed by atoms with E-state index in [9.17, 15) is 35.9 Å². The monoisotopic (exact) mass is 522 g/mol. The van der Waals surface area contributed by atoms with Gasteiger partial charge in [0.05, 0.1) is 17.2 Å². The predicted molar refractivity (Wildman–Crippen MR) is 114 cm³/mol. The van der Waals surface area contributed by atoms with Crippen molar-refractivity contribution >= 4 is 22.8 Å². The first kappa shape index (κ1) is 26.8. The molecule has 1 aromatic carbocycles. The van der Waals surface area contributed by atoms with E-state index in [0.717, 1.165) is 47.5 Å². The van der Waals surface area contributed by atoms with E-state index in [-0.39, 0.29) is 31.6 Å². The predicted octanol–water partition coefficient (Wildman–Crippen LogP) is 6.11. The van der Waals surface area contributed by atoms with Gasteiger partial charge in [-0.3, -0.25) is 14.6 Å². The molecule has 1 fully saturated rings. The number of nitrogens with zero attached hydrogens (tertiary/aromatic N) is 2. The first-order chi connectivity index (χ1) is 16.3. The van der Waals surface area contributed by atoms with Crippen LogP contribution in [0.4, 0.5) is 26.3 Å². The summed E-state index contributed by atoms with van der Waals surface area (Å²) in [5.41, 5.74) is -4.86. The molecule has 1 aliphatic heterocycles. The van der Waals surface area contributed by atoms with Crippen LogP contribution in [0.2, 0.25) is 0 Å². The van der Waals surface area contributed by atoms with Crippen molar-refractivity contribution in [3.63, 3.8) is 0 Å². The summed E-state index contributed by atoms with van der Waals surface area (Å²) in [4.78, 5) is 30.7. The Labute approximate surface area is 202 Å². The highest BCUT2D eigenvalue weighted by molar-refractivity contribution is 6.65. The Hall–Kier alpha value is -2.82. The summed E-state index contributed by atoms with van der Waals surface area (Å²) in [5.74, 6) is -1.15. The molecule has 35 heavy (non-hydrogen) atoms. The molecule has 0 bridgehead atoms. The van der Waals surface area contributed by atoms with Crippen LogP contribution < -0.4 is 4.74 Å².